The largest absolute Gasteiger partial charge is 0.463 e. The molecule has 4 nitrogen and oxygen atoms in total. The standard InChI is InChI=1S/C14H16O4/c1-9-3-5-11(6-4-9)14-17-12-7-15-10(2)16-8-13(12)18-14/h3-6,12-14H,2,7-8H2,1H3. The van der Waals surface area contributed by atoms with Crippen molar-refractivity contribution in [3.63, 3.8) is 0 Å². The molecule has 2 saturated heterocycles. The zero-order chi connectivity index (χ0) is 12.5. The van der Waals surface area contributed by atoms with Gasteiger partial charge in [-0.3, -0.25) is 0 Å². The third-order valence-electron chi connectivity index (χ3n) is 3.18. The van der Waals surface area contributed by atoms with Crippen molar-refractivity contribution in [1.29, 1.82) is 0 Å². The molecule has 0 radical (unpaired) electrons. The Balaban J connectivity index is 1.71. The molecule has 0 aliphatic carbocycles. The quantitative estimate of drug-likeness (QED) is 0.764. The van der Waals surface area contributed by atoms with Crippen LogP contribution in [0.3, 0.4) is 0 Å². The molecule has 1 aromatic carbocycles. The van der Waals surface area contributed by atoms with Crippen LogP contribution >= 0.6 is 0 Å². The molecule has 1 aromatic rings. The summed E-state index contributed by atoms with van der Waals surface area (Å²) in [6, 6.07) is 8.13. The van der Waals surface area contributed by atoms with E-state index >= 15 is 0 Å². The highest BCUT2D eigenvalue weighted by molar-refractivity contribution is 5.22. The fourth-order valence-electron chi connectivity index (χ4n) is 2.09. The Morgan fingerprint density at radius 3 is 2.11 bits per heavy atom. The van der Waals surface area contributed by atoms with Crippen molar-refractivity contribution < 1.29 is 18.9 Å². The van der Waals surface area contributed by atoms with Crippen LogP contribution < -0.4 is 0 Å². The average Bonchev–Trinajstić information content (AvgIpc) is 2.70. The predicted octanol–water partition coefficient (Wildman–Crippen LogP) is 2.30. The van der Waals surface area contributed by atoms with Gasteiger partial charge in [-0.15, -0.1) is 0 Å². The number of aryl methyl sites for hydroxylation is 1. The van der Waals surface area contributed by atoms with E-state index in [1.807, 2.05) is 24.3 Å². The van der Waals surface area contributed by atoms with Crippen molar-refractivity contribution in [1.82, 2.24) is 0 Å². The van der Waals surface area contributed by atoms with Crippen LogP contribution in [0.25, 0.3) is 0 Å². The second-order valence-corrected chi connectivity index (χ2v) is 4.59. The van der Waals surface area contributed by atoms with Gasteiger partial charge in [0, 0.05) is 5.56 Å². The molecule has 2 aliphatic heterocycles. The van der Waals surface area contributed by atoms with Gasteiger partial charge in [0.25, 0.3) is 5.95 Å². The van der Waals surface area contributed by atoms with Crippen LogP contribution in [0.2, 0.25) is 0 Å². The third-order valence-corrected chi connectivity index (χ3v) is 3.18. The summed E-state index contributed by atoms with van der Waals surface area (Å²) in [5.74, 6) is 0.337. The van der Waals surface area contributed by atoms with Gasteiger partial charge in [-0.25, -0.2) is 0 Å². The molecule has 2 fully saturated rings. The van der Waals surface area contributed by atoms with Crippen LogP contribution in [0.15, 0.2) is 36.8 Å². The van der Waals surface area contributed by atoms with Crippen molar-refractivity contribution in [2.24, 2.45) is 0 Å². The molecule has 0 saturated carbocycles. The minimum absolute atomic E-state index is 0.101. The van der Waals surface area contributed by atoms with Crippen molar-refractivity contribution in [3.05, 3.63) is 47.9 Å². The molecule has 2 heterocycles. The van der Waals surface area contributed by atoms with Crippen LogP contribution in [0.5, 0.6) is 0 Å². The van der Waals surface area contributed by atoms with E-state index in [4.69, 9.17) is 18.9 Å². The number of fused-ring (bicyclic) bond motifs is 1. The van der Waals surface area contributed by atoms with Gasteiger partial charge in [-0.1, -0.05) is 29.8 Å². The maximum atomic E-state index is 5.85. The number of hydrogen-bond donors (Lipinski definition) is 0. The fourth-order valence-corrected chi connectivity index (χ4v) is 2.09. The van der Waals surface area contributed by atoms with Crippen molar-refractivity contribution in [2.45, 2.75) is 25.4 Å². The molecule has 3 rings (SSSR count). The smallest absolute Gasteiger partial charge is 0.271 e. The van der Waals surface area contributed by atoms with Gasteiger partial charge < -0.3 is 18.9 Å². The fraction of sp³-hybridized carbons (Fsp3) is 0.429. The molecule has 96 valence electrons. The summed E-state index contributed by atoms with van der Waals surface area (Å²) in [7, 11) is 0. The number of benzene rings is 1. The van der Waals surface area contributed by atoms with E-state index in [2.05, 4.69) is 13.5 Å². The summed E-state index contributed by atoms with van der Waals surface area (Å²) in [6.07, 6.45) is -0.537. The number of hydrogen-bond acceptors (Lipinski definition) is 4. The first-order chi connectivity index (χ1) is 8.72. The van der Waals surface area contributed by atoms with E-state index in [9.17, 15) is 0 Å². The zero-order valence-electron chi connectivity index (χ0n) is 10.3. The van der Waals surface area contributed by atoms with E-state index < -0.39 is 0 Å². The molecular formula is C14H16O4. The van der Waals surface area contributed by atoms with Crippen LogP contribution in [0.1, 0.15) is 17.4 Å². The lowest BCUT2D eigenvalue weighted by atomic mass is 10.1. The lowest BCUT2D eigenvalue weighted by molar-refractivity contribution is -0.0947. The number of rotatable bonds is 1. The molecule has 0 N–H and O–H groups in total. The molecule has 2 unspecified atom stereocenters. The third kappa shape index (κ3) is 2.21. The minimum Gasteiger partial charge on any atom is -0.463 e. The van der Waals surface area contributed by atoms with Crippen molar-refractivity contribution in [3.8, 4) is 0 Å². The highest BCUT2D eigenvalue weighted by Gasteiger charge is 2.39. The highest BCUT2D eigenvalue weighted by Crippen LogP contribution is 2.33. The van der Waals surface area contributed by atoms with Gasteiger partial charge in [0.2, 0.25) is 0 Å². The molecule has 0 spiro atoms. The molecule has 0 bridgehead atoms. The summed E-state index contributed by atoms with van der Waals surface area (Å²) in [5, 5.41) is 0. The first-order valence-electron chi connectivity index (χ1n) is 6.04. The summed E-state index contributed by atoms with van der Waals surface area (Å²) in [6.45, 7) is 6.53. The summed E-state index contributed by atoms with van der Waals surface area (Å²) >= 11 is 0. The average molecular weight is 248 g/mol. The van der Waals surface area contributed by atoms with Gasteiger partial charge in [-0.05, 0) is 13.5 Å². The first-order valence-corrected chi connectivity index (χ1v) is 6.04. The molecule has 0 amide bonds. The van der Waals surface area contributed by atoms with Crippen LogP contribution in [0.4, 0.5) is 0 Å². The lowest BCUT2D eigenvalue weighted by Gasteiger charge is -2.12. The van der Waals surface area contributed by atoms with E-state index in [1.165, 1.54) is 5.56 Å². The van der Waals surface area contributed by atoms with Crippen LogP contribution in [0, 0.1) is 6.92 Å². The monoisotopic (exact) mass is 248 g/mol. The summed E-state index contributed by atoms with van der Waals surface area (Å²) in [4.78, 5) is 0. The van der Waals surface area contributed by atoms with E-state index in [1.54, 1.807) is 0 Å². The normalized spacial score (nSPS) is 31.2. The predicted molar refractivity (Wildman–Crippen MR) is 64.7 cm³/mol. The van der Waals surface area contributed by atoms with Gasteiger partial charge in [-0.2, -0.15) is 0 Å². The van der Waals surface area contributed by atoms with Gasteiger partial charge in [0.05, 0.1) is 0 Å². The van der Waals surface area contributed by atoms with Gasteiger partial charge >= 0.3 is 0 Å². The minimum atomic E-state index is -0.334. The van der Waals surface area contributed by atoms with Gasteiger partial charge in [0.1, 0.15) is 25.4 Å². The SMILES string of the molecule is C=C1OCC2OC(c3ccc(C)cc3)OC2CO1. The van der Waals surface area contributed by atoms with E-state index in [-0.39, 0.29) is 18.5 Å². The number of ether oxygens (including phenoxy) is 4. The van der Waals surface area contributed by atoms with Crippen LogP contribution in [-0.2, 0) is 18.9 Å². The second-order valence-electron chi connectivity index (χ2n) is 4.59. The second kappa shape index (κ2) is 4.63. The maximum Gasteiger partial charge on any atom is 0.271 e. The Bertz CT molecular complexity index is 422. The Kier molecular flexibility index (Phi) is 2.97. The molecule has 4 heteroatoms. The Morgan fingerprint density at radius 1 is 1.00 bits per heavy atom. The van der Waals surface area contributed by atoms with Crippen molar-refractivity contribution in [2.75, 3.05) is 13.2 Å². The van der Waals surface area contributed by atoms with Crippen LogP contribution in [-0.4, -0.2) is 25.4 Å². The summed E-state index contributed by atoms with van der Waals surface area (Å²) in [5.41, 5.74) is 2.24. The Labute approximate surface area is 106 Å². The Hall–Kier alpha value is -1.52. The Morgan fingerprint density at radius 2 is 1.56 bits per heavy atom. The van der Waals surface area contributed by atoms with Gasteiger partial charge in [0.15, 0.2) is 6.29 Å². The highest BCUT2D eigenvalue weighted by atomic mass is 16.8. The van der Waals surface area contributed by atoms with Crippen molar-refractivity contribution >= 4 is 0 Å². The zero-order valence-corrected chi connectivity index (χ0v) is 10.3. The molecule has 0 aromatic heterocycles. The van der Waals surface area contributed by atoms with E-state index in [0.717, 1.165) is 5.56 Å². The molecule has 2 aliphatic rings. The lowest BCUT2D eigenvalue weighted by Crippen LogP contribution is -2.27. The maximum absolute atomic E-state index is 5.85. The molecular weight excluding hydrogens is 232 g/mol. The first kappa shape index (κ1) is 11.6. The molecule has 18 heavy (non-hydrogen) atoms. The summed E-state index contributed by atoms with van der Waals surface area (Å²) < 4.78 is 22.3. The molecule has 2 atom stereocenters. The van der Waals surface area contributed by atoms with E-state index in [0.29, 0.717) is 19.2 Å². The topological polar surface area (TPSA) is 36.9 Å².